The molecule has 0 saturated carbocycles. The molecule has 2 atom stereocenters. The van der Waals surface area contributed by atoms with Crippen molar-refractivity contribution < 1.29 is 14.7 Å². The molecular formula is C19H22ClN5O3. The van der Waals surface area contributed by atoms with Crippen LogP contribution in [-0.4, -0.2) is 70.1 Å². The highest BCUT2D eigenvalue weighted by Crippen LogP contribution is 2.40. The van der Waals surface area contributed by atoms with Crippen LogP contribution in [0.2, 0.25) is 5.02 Å². The Bertz CT molecular complexity index is 915. The molecule has 3 amide bonds. The normalized spacial score (nSPS) is 24.2. The van der Waals surface area contributed by atoms with Gasteiger partial charge in [-0.15, -0.1) is 0 Å². The maximum Gasteiger partial charge on any atom is 0.328 e. The Kier molecular flexibility index (Phi) is 4.55. The van der Waals surface area contributed by atoms with Gasteiger partial charge in [0.2, 0.25) is 5.96 Å². The van der Waals surface area contributed by atoms with Crippen molar-refractivity contribution in [2.45, 2.75) is 32.5 Å². The zero-order valence-electron chi connectivity index (χ0n) is 16.0. The quantitative estimate of drug-likeness (QED) is 0.832. The van der Waals surface area contributed by atoms with Gasteiger partial charge in [0.25, 0.3) is 5.91 Å². The Labute approximate surface area is 168 Å². The van der Waals surface area contributed by atoms with Gasteiger partial charge in [-0.1, -0.05) is 17.7 Å². The van der Waals surface area contributed by atoms with Crippen LogP contribution in [0.3, 0.4) is 0 Å². The van der Waals surface area contributed by atoms with E-state index in [1.165, 1.54) is 9.80 Å². The van der Waals surface area contributed by atoms with Crippen LogP contribution in [-0.2, 0) is 4.79 Å². The van der Waals surface area contributed by atoms with Crippen LogP contribution in [0.1, 0.15) is 20.3 Å². The summed E-state index contributed by atoms with van der Waals surface area (Å²) >= 11 is 6.17. The lowest BCUT2D eigenvalue weighted by atomic mass is 10.1. The summed E-state index contributed by atoms with van der Waals surface area (Å²) in [5, 5.41) is 9.72. The number of carbonyl (C=O) groups excluding carboxylic acids is 2. The third-order valence-corrected chi connectivity index (χ3v) is 5.73. The predicted molar refractivity (Wildman–Crippen MR) is 106 cm³/mol. The van der Waals surface area contributed by atoms with Gasteiger partial charge in [0.05, 0.1) is 5.69 Å². The van der Waals surface area contributed by atoms with Gasteiger partial charge in [0, 0.05) is 36.6 Å². The second-order valence-corrected chi connectivity index (χ2v) is 7.54. The van der Waals surface area contributed by atoms with E-state index in [-0.39, 0.29) is 19.1 Å². The topological polar surface area (TPSA) is 79.7 Å². The molecule has 1 N–H and O–H groups in total. The van der Waals surface area contributed by atoms with Gasteiger partial charge in [0.1, 0.15) is 0 Å². The summed E-state index contributed by atoms with van der Waals surface area (Å²) in [6.07, 6.45) is -0.246. The summed E-state index contributed by atoms with van der Waals surface area (Å²) in [6, 6.07) is 6.43. The third-order valence-electron chi connectivity index (χ3n) is 5.50. The summed E-state index contributed by atoms with van der Waals surface area (Å²) in [5.41, 5.74) is 2.71. The first kappa shape index (κ1) is 18.8. The highest BCUT2D eigenvalue weighted by Gasteiger charge is 2.55. The number of aliphatic imine (C=N–C) groups is 1. The van der Waals surface area contributed by atoms with Gasteiger partial charge in [0.15, 0.2) is 12.2 Å². The van der Waals surface area contributed by atoms with Gasteiger partial charge in [-0.25, -0.2) is 9.79 Å². The molecule has 3 aliphatic heterocycles. The van der Waals surface area contributed by atoms with Crippen LogP contribution in [0.15, 0.2) is 40.7 Å². The maximum atomic E-state index is 13.2. The number of guanidine groups is 1. The van der Waals surface area contributed by atoms with Gasteiger partial charge in [-0.05, 0) is 38.5 Å². The van der Waals surface area contributed by atoms with Crippen molar-refractivity contribution in [3.05, 3.63) is 40.7 Å². The minimum absolute atomic E-state index is 0.0824. The smallest absolute Gasteiger partial charge is 0.328 e. The number of aliphatic hydroxyl groups excluding tert-OH is 1. The number of benzene rings is 1. The van der Waals surface area contributed by atoms with E-state index in [4.69, 9.17) is 21.7 Å². The number of carbonyl (C=O) groups is 2. The lowest BCUT2D eigenvalue weighted by Crippen LogP contribution is -2.64. The van der Waals surface area contributed by atoms with Crippen LogP contribution >= 0.6 is 11.6 Å². The molecule has 4 rings (SSSR count). The van der Waals surface area contributed by atoms with Crippen LogP contribution in [0.4, 0.5) is 10.5 Å². The fourth-order valence-corrected chi connectivity index (χ4v) is 4.16. The van der Waals surface area contributed by atoms with Gasteiger partial charge >= 0.3 is 6.03 Å². The van der Waals surface area contributed by atoms with Crippen molar-refractivity contribution in [2.75, 3.05) is 25.1 Å². The Balaban J connectivity index is 1.75. The molecule has 1 saturated heterocycles. The van der Waals surface area contributed by atoms with E-state index in [9.17, 15) is 9.59 Å². The fraction of sp³-hybridized carbons (Fsp3) is 0.421. The van der Waals surface area contributed by atoms with Gasteiger partial charge in [-0.3, -0.25) is 19.5 Å². The van der Waals surface area contributed by atoms with Gasteiger partial charge < -0.3 is 10.0 Å². The molecule has 0 aromatic heterocycles. The Morgan fingerprint density at radius 1 is 1.21 bits per heavy atom. The predicted octanol–water partition coefficient (Wildman–Crippen LogP) is 2.05. The molecule has 0 aliphatic carbocycles. The zero-order valence-corrected chi connectivity index (χ0v) is 16.7. The molecule has 28 heavy (non-hydrogen) atoms. The van der Waals surface area contributed by atoms with Crippen molar-refractivity contribution in [3.63, 3.8) is 0 Å². The monoisotopic (exact) mass is 403 g/mol. The number of imide groups is 1. The average molecular weight is 404 g/mol. The first-order valence-electron chi connectivity index (χ1n) is 9.16. The molecule has 9 heteroatoms. The van der Waals surface area contributed by atoms with E-state index < -0.39 is 18.2 Å². The number of likely N-dealkylation sites (N-methyl/N-ethyl adjacent to an activating group) is 1. The fourth-order valence-electron chi connectivity index (χ4n) is 3.97. The zero-order chi connectivity index (χ0) is 20.2. The second kappa shape index (κ2) is 6.79. The van der Waals surface area contributed by atoms with E-state index in [0.717, 1.165) is 17.1 Å². The molecule has 148 valence electrons. The Morgan fingerprint density at radius 3 is 2.64 bits per heavy atom. The van der Waals surface area contributed by atoms with Crippen LogP contribution in [0.5, 0.6) is 0 Å². The molecular weight excluding hydrogens is 382 g/mol. The van der Waals surface area contributed by atoms with Crippen molar-refractivity contribution in [2.24, 2.45) is 4.99 Å². The number of rotatable bonds is 4. The number of amides is 3. The first-order chi connectivity index (χ1) is 13.4. The third kappa shape index (κ3) is 2.59. The van der Waals surface area contributed by atoms with E-state index >= 15 is 0 Å². The average Bonchev–Trinajstić information content (AvgIpc) is 3.16. The SMILES string of the molecule is CC1=C(C)N2C(=NC3C2C(=O)N(CCCO)C(=O)N3C)N1c1cccc(Cl)c1. The minimum Gasteiger partial charge on any atom is -0.396 e. The molecule has 1 aromatic rings. The molecule has 3 heterocycles. The first-order valence-corrected chi connectivity index (χ1v) is 9.54. The van der Waals surface area contributed by atoms with Crippen molar-refractivity contribution in [1.29, 1.82) is 0 Å². The number of anilines is 1. The summed E-state index contributed by atoms with van der Waals surface area (Å²) in [6.45, 7) is 4.02. The standard InChI is InChI=1S/C19H22ClN5O3/c1-11-12(2)25-15-16(22(3)19(28)23(17(15)27)8-5-9-26)21-18(25)24(11)14-7-4-6-13(20)10-14/h4,6-7,10,15-16,26H,5,8-9H2,1-3H3. The Morgan fingerprint density at radius 2 is 1.96 bits per heavy atom. The van der Waals surface area contributed by atoms with Crippen molar-refractivity contribution >= 4 is 35.2 Å². The van der Waals surface area contributed by atoms with Crippen LogP contribution in [0, 0.1) is 0 Å². The highest BCUT2D eigenvalue weighted by molar-refractivity contribution is 6.31. The number of aliphatic hydroxyl groups is 1. The Hall–Kier alpha value is -2.58. The van der Waals surface area contributed by atoms with Crippen LogP contribution in [0.25, 0.3) is 0 Å². The molecule has 0 bridgehead atoms. The van der Waals surface area contributed by atoms with E-state index in [1.54, 1.807) is 13.1 Å². The number of hydrogen-bond acceptors (Lipinski definition) is 6. The number of allylic oxidation sites excluding steroid dienone is 2. The molecule has 1 aromatic carbocycles. The maximum absolute atomic E-state index is 13.2. The minimum atomic E-state index is -0.615. The summed E-state index contributed by atoms with van der Waals surface area (Å²) < 4.78 is 0. The van der Waals surface area contributed by atoms with Crippen molar-refractivity contribution in [1.82, 2.24) is 14.7 Å². The van der Waals surface area contributed by atoms with Crippen LogP contribution < -0.4 is 4.90 Å². The number of fused-ring (bicyclic) bond motifs is 3. The highest BCUT2D eigenvalue weighted by atomic mass is 35.5. The summed E-state index contributed by atoms with van der Waals surface area (Å²) in [5.74, 6) is 0.324. The van der Waals surface area contributed by atoms with E-state index in [2.05, 4.69) is 0 Å². The molecule has 8 nitrogen and oxygen atoms in total. The number of urea groups is 1. The second-order valence-electron chi connectivity index (χ2n) is 7.10. The molecule has 0 spiro atoms. The van der Waals surface area contributed by atoms with E-state index in [1.807, 2.05) is 41.8 Å². The lowest BCUT2D eigenvalue weighted by molar-refractivity contribution is -0.136. The van der Waals surface area contributed by atoms with E-state index in [0.29, 0.717) is 17.4 Å². The largest absolute Gasteiger partial charge is 0.396 e. The number of hydrogen-bond donors (Lipinski definition) is 1. The van der Waals surface area contributed by atoms with Gasteiger partial charge in [-0.2, -0.15) is 0 Å². The summed E-state index contributed by atoms with van der Waals surface area (Å²) in [4.78, 5) is 37.2. The number of nitrogens with zero attached hydrogens (tertiary/aromatic N) is 5. The molecule has 0 radical (unpaired) electrons. The summed E-state index contributed by atoms with van der Waals surface area (Å²) in [7, 11) is 1.65. The lowest BCUT2D eigenvalue weighted by Gasteiger charge is -2.40. The molecule has 3 aliphatic rings. The van der Waals surface area contributed by atoms with Crippen molar-refractivity contribution in [3.8, 4) is 0 Å². The molecule has 1 fully saturated rings. The molecule has 2 unspecified atom stereocenters. The number of halogens is 1.